The third kappa shape index (κ3) is 6.00. The fourth-order valence-corrected chi connectivity index (χ4v) is 4.03. The molecule has 0 fully saturated rings. The van der Waals surface area contributed by atoms with E-state index in [1.165, 1.54) is 5.56 Å². The molecule has 1 aliphatic heterocycles. The molecule has 0 radical (unpaired) electrons. The molecule has 7 nitrogen and oxygen atoms in total. The SMILES string of the molecule is CCOC(=O)c1ccc2c(c1)NC(=O)/C2=C(/Nc1ccc(CNCCN(C)C)cc1)c1ccccc1. The summed E-state index contributed by atoms with van der Waals surface area (Å²) in [5.74, 6) is -0.635. The maximum absolute atomic E-state index is 13.2. The molecular formula is C29H32N4O3. The number of carbonyl (C=O) groups excluding carboxylic acids is 2. The highest BCUT2D eigenvalue weighted by molar-refractivity contribution is 6.37. The van der Waals surface area contributed by atoms with Crippen LogP contribution in [0.4, 0.5) is 11.4 Å². The summed E-state index contributed by atoms with van der Waals surface area (Å²) in [6, 6.07) is 23.1. The molecule has 3 N–H and O–H groups in total. The van der Waals surface area contributed by atoms with Crippen LogP contribution in [0.2, 0.25) is 0 Å². The number of hydrogen-bond acceptors (Lipinski definition) is 6. The summed E-state index contributed by atoms with van der Waals surface area (Å²) in [5, 5.41) is 9.83. The second kappa shape index (κ2) is 11.7. The smallest absolute Gasteiger partial charge is 0.338 e. The van der Waals surface area contributed by atoms with E-state index in [1.807, 2.05) is 42.5 Å². The van der Waals surface area contributed by atoms with Crippen molar-refractivity contribution in [1.82, 2.24) is 10.2 Å². The predicted octanol–water partition coefficient (Wildman–Crippen LogP) is 4.45. The molecule has 0 aliphatic carbocycles. The van der Waals surface area contributed by atoms with Gasteiger partial charge in [-0.1, -0.05) is 48.5 Å². The Kier molecular flexibility index (Phi) is 8.15. The highest BCUT2D eigenvalue weighted by Crippen LogP contribution is 2.38. The molecule has 0 aromatic heterocycles. The van der Waals surface area contributed by atoms with Crippen LogP contribution in [-0.4, -0.2) is 50.6 Å². The van der Waals surface area contributed by atoms with Crippen LogP contribution in [0.5, 0.6) is 0 Å². The Bertz CT molecular complexity index is 1250. The normalized spacial score (nSPS) is 13.8. The second-order valence-electron chi connectivity index (χ2n) is 8.85. The lowest BCUT2D eigenvalue weighted by molar-refractivity contribution is -0.110. The topological polar surface area (TPSA) is 82.7 Å². The van der Waals surface area contributed by atoms with E-state index in [-0.39, 0.29) is 5.91 Å². The van der Waals surface area contributed by atoms with Crippen molar-refractivity contribution in [3.63, 3.8) is 0 Å². The average Bonchev–Trinajstić information content (AvgIpc) is 3.21. The van der Waals surface area contributed by atoms with Gasteiger partial charge < -0.3 is 25.6 Å². The Morgan fingerprint density at radius 1 is 0.972 bits per heavy atom. The number of rotatable bonds is 10. The number of carbonyl (C=O) groups is 2. The molecule has 0 saturated carbocycles. The summed E-state index contributed by atoms with van der Waals surface area (Å²) in [5.41, 5.74) is 5.91. The van der Waals surface area contributed by atoms with Gasteiger partial charge in [-0.2, -0.15) is 0 Å². The van der Waals surface area contributed by atoms with Gasteiger partial charge in [0.15, 0.2) is 0 Å². The van der Waals surface area contributed by atoms with Crippen LogP contribution in [0.15, 0.2) is 72.8 Å². The molecule has 7 heteroatoms. The van der Waals surface area contributed by atoms with Crippen LogP contribution in [0.1, 0.15) is 34.0 Å². The van der Waals surface area contributed by atoms with E-state index in [1.54, 1.807) is 25.1 Å². The summed E-state index contributed by atoms with van der Waals surface area (Å²) in [4.78, 5) is 27.5. The Hall–Kier alpha value is -3.94. The van der Waals surface area contributed by atoms with Gasteiger partial charge in [-0.15, -0.1) is 0 Å². The first-order valence-corrected chi connectivity index (χ1v) is 12.1. The zero-order valence-corrected chi connectivity index (χ0v) is 20.9. The van der Waals surface area contributed by atoms with E-state index >= 15 is 0 Å². The first-order valence-electron chi connectivity index (χ1n) is 12.1. The van der Waals surface area contributed by atoms with Crippen LogP contribution in [0, 0.1) is 0 Å². The first kappa shape index (κ1) is 25.2. The van der Waals surface area contributed by atoms with Gasteiger partial charge in [0.05, 0.1) is 29.1 Å². The number of hydrogen-bond donors (Lipinski definition) is 3. The first-order chi connectivity index (χ1) is 17.5. The van der Waals surface area contributed by atoms with E-state index in [0.29, 0.717) is 29.1 Å². The van der Waals surface area contributed by atoms with E-state index in [0.717, 1.165) is 36.4 Å². The third-order valence-corrected chi connectivity index (χ3v) is 5.88. The molecule has 0 saturated heterocycles. The lowest BCUT2D eigenvalue weighted by atomic mass is 9.99. The summed E-state index contributed by atoms with van der Waals surface area (Å²) < 4.78 is 5.11. The zero-order valence-electron chi connectivity index (χ0n) is 20.9. The van der Waals surface area contributed by atoms with Crippen molar-refractivity contribution >= 4 is 34.5 Å². The molecule has 0 bridgehead atoms. The predicted molar refractivity (Wildman–Crippen MR) is 145 cm³/mol. The summed E-state index contributed by atoms with van der Waals surface area (Å²) in [6.45, 7) is 4.75. The Labute approximate surface area is 212 Å². The fraction of sp³-hybridized carbons (Fsp3) is 0.241. The lowest BCUT2D eigenvalue weighted by Gasteiger charge is -2.15. The number of nitrogens with zero attached hydrogens (tertiary/aromatic N) is 1. The minimum Gasteiger partial charge on any atom is -0.462 e. The quantitative estimate of drug-likeness (QED) is 0.224. The fourth-order valence-electron chi connectivity index (χ4n) is 4.03. The largest absolute Gasteiger partial charge is 0.462 e. The lowest BCUT2D eigenvalue weighted by Crippen LogP contribution is -2.26. The van der Waals surface area contributed by atoms with Crippen molar-refractivity contribution in [1.29, 1.82) is 0 Å². The van der Waals surface area contributed by atoms with Crippen molar-refractivity contribution < 1.29 is 14.3 Å². The van der Waals surface area contributed by atoms with Crippen molar-refractivity contribution in [3.05, 3.63) is 95.1 Å². The molecule has 3 aromatic carbocycles. The Morgan fingerprint density at radius 2 is 1.72 bits per heavy atom. The van der Waals surface area contributed by atoms with Gasteiger partial charge in [0.1, 0.15) is 0 Å². The van der Waals surface area contributed by atoms with Gasteiger partial charge in [0, 0.05) is 30.9 Å². The minimum atomic E-state index is -0.412. The van der Waals surface area contributed by atoms with E-state index in [9.17, 15) is 9.59 Å². The molecule has 186 valence electrons. The van der Waals surface area contributed by atoms with Gasteiger partial charge in [-0.25, -0.2) is 4.79 Å². The Morgan fingerprint density at radius 3 is 2.42 bits per heavy atom. The maximum atomic E-state index is 13.2. The van der Waals surface area contributed by atoms with Crippen molar-refractivity contribution in [3.8, 4) is 0 Å². The summed E-state index contributed by atoms with van der Waals surface area (Å²) in [6.07, 6.45) is 0. The zero-order chi connectivity index (χ0) is 25.5. The van der Waals surface area contributed by atoms with Crippen molar-refractivity contribution in [2.24, 2.45) is 0 Å². The second-order valence-corrected chi connectivity index (χ2v) is 8.85. The molecule has 36 heavy (non-hydrogen) atoms. The van der Waals surface area contributed by atoms with Crippen LogP contribution >= 0.6 is 0 Å². The number of benzene rings is 3. The molecule has 0 unspecified atom stereocenters. The number of likely N-dealkylation sites (N-methyl/N-ethyl adjacent to an activating group) is 1. The van der Waals surface area contributed by atoms with Crippen molar-refractivity contribution in [2.45, 2.75) is 13.5 Å². The van der Waals surface area contributed by atoms with Gasteiger partial charge >= 0.3 is 5.97 Å². The van der Waals surface area contributed by atoms with E-state index in [4.69, 9.17) is 4.74 Å². The Balaban J connectivity index is 1.63. The highest BCUT2D eigenvalue weighted by atomic mass is 16.5. The molecule has 4 rings (SSSR count). The summed E-state index contributed by atoms with van der Waals surface area (Å²) in [7, 11) is 4.12. The monoisotopic (exact) mass is 484 g/mol. The third-order valence-electron chi connectivity index (χ3n) is 5.88. The van der Waals surface area contributed by atoms with Crippen molar-refractivity contribution in [2.75, 3.05) is 44.4 Å². The molecular weight excluding hydrogens is 452 g/mol. The number of anilines is 2. The molecule has 1 amide bonds. The van der Waals surface area contributed by atoms with Crippen LogP contribution < -0.4 is 16.0 Å². The number of nitrogens with one attached hydrogen (secondary N) is 3. The number of fused-ring (bicyclic) bond motifs is 1. The maximum Gasteiger partial charge on any atom is 0.338 e. The standard InChI is InChI=1S/C29H32N4O3/c1-4-36-29(35)22-12-15-24-25(18-22)32-28(34)26(24)27(21-8-6-5-7-9-21)31-23-13-10-20(11-14-23)19-30-16-17-33(2)3/h5-15,18,30-31H,4,16-17,19H2,1-3H3,(H,32,34)/b27-26+. The highest BCUT2D eigenvalue weighted by Gasteiger charge is 2.29. The van der Waals surface area contributed by atoms with Crippen LogP contribution in [0.3, 0.4) is 0 Å². The van der Waals surface area contributed by atoms with Crippen LogP contribution in [-0.2, 0) is 16.1 Å². The number of esters is 1. The molecule has 1 heterocycles. The average molecular weight is 485 g/mol. The molecule has 1 aliphatic rings. The van der Waals surface area contributed by atoms with E-state index < -0.39 is 5.97 Å². The molecule has 0 spiro atoms. The van der Waals surface area contributed by atoms with Crippen LogP contribution in [0.25, 0.3) is 11.3 Å². The number of amides is 1. The van der Waals surface area contributed by atoms with Gasteiger partial charge in [-0.3, -0.25) is 4.79 Å². The van der Waals surface area contributed by atoms with E-state index in [2.05, 4.69) is 47.1 Å². The molecule has 3 aromatic rings. The summed E-state index contributed by atoms with van der Waals surface area (Å²) >= 11 is 0. The molecule has 0 atom stereocenters. The van der Waals surface area contributed by atoms with Gasteiger partial charge in [-0.05, 0) is 56.4 Å². The minimum absolute atomic E-state index is 0.223. The van der Waals surface area contributed by atoms with Gasteiger partial charge in [0.2, 0.25) is 0 Å². The van der Waals surface area contributed by atoms with Gasteiger partial charge in [0.25, 0.3) is 5.91 Å². The number of ether oxygens (including phenoxy) is 1.